The van der Waals surface area contributed by atoms with Gasteiger partial charge in [-0.05, 0) is 55.1 Å². The van der Waals surface area contributed by atoms with E-state index < -0.39 is 108 Å². The zero-order chi connectivity index (χ0) is 51.8. The summed E-state index contributed by atoms with van der Waals surface area (Å²) in [5, 5.41) is 32.4. The number of carbonyl (C=O) groups is 9. The highest BCUT2D eigenvalue weighted by Gasteiger charge is 2.40. The van der Waals surface area contributed by atoms with Crippen molar-refractivity contribution in [3.8, 4) is 5.82 Å². The summed E-state index contributed by atoms with van der Waals surface area (Å²) in [4.78, 5) is 136. The van der Waals surface area contributed by atoms with E-state index in [-0.39, 0.29) is 80.9 Å². The average molecular weight is 987 g/mol. The number of hydrogen-bond donors (Lipinski definition) is 12. The minimum absolute atomic E-state index is 0.0333. The van der Waals surface area contributed by atoms with Gasteiger partial charge in [0.05, 0.1) is 12.2 Å². The number of aliphatic carboxylic acids is 1. The van der Waals surface area contributed by atoms with E-state index in [9.17, 15) is 48.3 Å². The van der Waals surface area contributed by atoms with Crippen LogP contribution >= 0.6 is 0 Å². The minimum atomic E-state index is -1.46. The van der Waals surface area contributed by atoms with Gasteiger partial charge < -0.3 is 64.1 Å². The third-order valence-corrected chi connectivity index (χ3v) is 12.8. The van der Waals surface area contributed by atoms with Crippen molar-refractivity contribution in [1.82, 2.24) is 57.1 Å². The maximum absolute atomic E-state index is 14.8. The van der Waals surface area contributed by atoms with Gasteiger partial charge in [0, 0.05) is 54.4 Å². The first-order valence-electron chi connectivity index (χ1n) is 23.9. The quantitative estimate of drug-likeness (QED) is 0.0444. The molecule has 2 aromatic heterocycles. The molecule has 384 valence electrons. The molecule has 24 heteroatoms. The second-order valence-corrected chi connectivity index (χ2v) is 19.5. The predicted octanol–water partition coefficient (Wildman–Crippen LogP) is -1.65. The summed E-state index contributed by atoms with van der Waals surface area (Å²) in [7, 11) is 0. The molecule has 8 atom stereocenters. The van der Waals surface area contributed by atoms with E-state index in [4.69, 9.17) is 11.5 Å². The van der Waals surface area contributed by atoms with Gasteiger partial charge in [-0.15, -0.1) is 0 Å². The first kappa shape index (κ1) is 52.8. The molecule has 0 radical (unpaired) electrons. The Bertz CT molecular complexity index is 2560. The van der Waals surface area contributed by atoms with Crippen LogP contribution < -0.4 is 54.0 Å². The van der Waals surface area contributed by atoms with Gasteiger partial charge in [-0.3, -0.25) is 47.9 Å². The van der Waals surface area contributed by atoms with Gasteiger partial charge in [-0.1, -0.05) is 53.7 Å². The fourth-order valence-electron chi connectivity index (χ4n) is 9.25. The van der Waals surface area contributed by atoms with Crippen LogP contribution in [0, 0.1) is 17.8 Å². The van der Waals surface area contributed by atoms with Crippen LogP contribution in [0.2, 0.25) is 0 Å². The topological polar surface area (TPSA) is 368 Å². The largest absolute Gasteiger partial charge is 0.480 e. The number of H-pyrrole nitrogens is 1. The van der Waals surface area contributed by atoms with Crippen LogP contribution in [-0.4, -0.2) is 134 Å². The number of aromatic amines is 1. The number of nitrogens with zero attached hydrogens (tertiary/aromatic N) is 3. The lowest BCUT2D eigenvalue weighted by Crippen LogP contribution is -2.61. The number of imidazole rings is 1. The molecule has 0 spiro atoms. The van der Waals surface area contributed by atoms with Gasteiger partial charge in [-0.2, -0.15) is 0 Å². The van der Waals surface area contributed by atoms with Crippen LogP contribution in [0.15, 0.2) is 35.7 Å². The van der Waals surface area contributed by atoms with E-state index >= 15 is 0 Å². The molecular weight excluding hydrogens is 921 g/mol. The van der Waals surface area contributed by atoms with Crippen molar-refractivity contribution >= 4 is 70.1 Å². The first-order chi connectivity index (χ1) is 33.6. The third kappa shape index (κ3) is 13.2. The number of guanidine groups is 1. The van der Waals surface area contributed by atoms with E-state index in [0.29, 0.717) is 27.8 Å². The number of benzene rings is 1. The molecule has 4 aliphatic rings. The second kappa shape index (κ2) is 22.9. The van der Waals surface area contributed by atoms with Crippen LogP contribution in [0.1, 0.15) is 96.4 Å². The van der Waals surface area contributed by atoms with E-state index in [1.807, 2.05) is 27.7 Å². The molecule has 1 saturated heterocycles. The van der Waals surface area contributed by atoms with Crippen molar-refractivity contribution < 1.29 is 48.3 Å². The summed E-state index contributed by atoms with van der Waals surface area (Å²) in [6.45, 7) is 10.3. The first-order valence-corrected chi connectivity index (χ1v) is 23.9. The number of carboxylic acid groups (broad SMARTS) is 1. The molecule has 7 bridgehead atoms. The Hall–Kier alpha value is -7.53. The molecular formula is C47H66N14O10. The maximum Gasteiger partial charge on any atom is 0.326 e. The Kier molecular flexibility index (Phi) is 17.1. The van der Waals surface area contributed by atoms with Crippen molar-refractivity contribution in [2.24, 2.45) is 34.2 Å². The van der Waals surface area contributed by atoms with Gasteiger partial charge in [0.2, 0.25) is 47.3 Å². The summed E-state index contributed by atoms with van der Waals surface area (Å²) in [5.74, 6) is -8.44. The molecule has 0 aliphatic carbocycles. The Morgan fingerprint density at radius 1 is 0.831 bits per heavy atom. The lowest BCUT2D eigenvalue weighted by Gasteiger charge is -2.33. The summed E-state index contributed by atoms with van der Waals surface area (Å²) in [6.07, 6.45) is 3.13. The van der Waals surface area contributed by atoms with Crippen molar-refractivity contribution in [3.05, 3.63) is 47.5 Å². The van der Waals surface area contributed by atoms with Crippen molar-refractivity contribution in [3.63, 3.8) is 0 Å². The molecule has 7 rings (SSSR count). The van der Waals surface area contributed by atoms with Crippen molar-refractivity contribution in [2.45, 2.75) is 135 Å². The lowest BCUT2D eigenvalue weighted by molar-refractivity contribution is -0.141. The number of amides is 8. The Morgan fingerprint density at radius 2 is 1.55 bits per heavy atom. The Morgan fingerprint density at radius 3 is 2.20 bits per heavy atom. The van der Waals surface area contributed by atoms with Crippen molar-refractivity contribution in [1.29, 1.82) is 0 Å². The standard InChI is InChI=1S/C47H66N14O10/c1-21(2)14-31-43(67)59-37(23(5)6)44(68)58-32-17-27-26-10-9-24(36(22(3)4)38(45(69)57-31)60-41(65)29-11-12-34(62)53-29)15-30(26)55-39(27)61-19-25(52-20-61)16-33(46(70)71)54-35(63)18-51-40(64)28(56-42(32)66)8-7-13-50-47(48)49/h9-10,15,19-23,28-29,31-33,36-38,55H,7-8,11-14,16-18H2,1-6H3,(H,51,64)(H,53,62)(H,54,63)(H,56,66)(H,57,69)(H,58,68)(H,59,67)(H,60,65)(H,70,71)(H4,48,49,50)/t28-,29-,31-,32-,33+,36+,37-,38-/m0/s1. The molecule has 8 amide bonds. The smallest absolute Gasteiger partial charge is 0.326 e. The molecule has 1 aromatic carbocycles. The lowest BCUT2D eigenvalue weighted by atomic mass is 9.81. The monoisotopic (exact) mass is 987 g/mol. The van der Waals surface area contributed by atoms with Gasteiger partial charge in [-0.25, -0.2) is 9.78 Å². The van der Waals surface area contributed by atoms with E-state index in [1.165, 1.54) is 6.33 Å². The maximum atomic E-state index is 14.8. The number of hydrogen-bond acceptors (Lipinski definition) is 11. The van der Waals surface area contributed by atoms with Crippen LogP contribution in [0.5, 0.6) is 0 Å². The molecule has 24 nitrogen and oxygen atoms in total. The minimum Gasteiger partial charge on any atom is -0.480 e. The zero-order valence-electron chi connectivity index (χ0n) is 40.7. The van der Waals surface area contributed by atoms with Crippen LogP contribution in [0.4, 0.5) is 0 Å². The van der Waals surface area contributed by atoms with Gasteiger partial charge in [0.15, 0.2) is 5.96 Å². The van der Waals surface area contributed by atoms with Crippen molar-refractivity contribution in [2.75, 3.05) is 13.1 Å². The fourth-order valence-corrected chi connectivity index (χ4v) is 9.25. The normalized spacial score (nSPS) is 24.9. The predicted molar refractivity (Wildman–Crippen MR) is 258 cm³/mol. The van der Waals surface area contributed by atoms with E-state index in [2.05, 4.69) is 57.5 Å². The number of carbonyl (C=O) groups excluding carboxylic acids is 8. The SMILES string of the molecule is CC(C)C[C@@H]1NC(=O)[C@@H](NC(=O)[C@@H]2CCC(=O)N2)[C@H](C(C)C)c2ccc3c4c([nH]c3c2)-n2cnc(c2)C[C@H](C(=O)O)NC(=O)CNC(=O)[C@H](CCCN=C(N)N)NC(=O)[C@H](C4)NC(=O)[C@H](C(C)C)NC1=O. The van der Waals surface area contributed by atoms with Crippen LogP contribution in [0.3, 0.4) is 0 Å². The zero-order valence-corrected chi connectivity index (χ0v) is 40.7. The highest BCUT2D eigenvalue weighted by Crippen LogP contribution is 2.35. The summed E-state index contributed by atoms with van der Waals surface area (Å²) in [6, 6.07) is -3.50. The fraction of sp³-hybridized carbons (Fsp3) is 0.553. The van der Waals surface area contributed by atoms with E-state index in [0.717, 1.165) is 0 Å². The number of fused-ring (bicyclic) bond motifs is 13. The molecule has 14 N–H and O–H groups in total. The summed E-state index contributed by atoms with van der Waals surface area (Å²) in [5.41, 5.74) is 12.8. The summed E-state index contributed by atoms with van der Waals surface area (Å²) < 4.78 is 1.58. The van der Waals surface area contributed by atoms with E-state index in [1.54, 1.807) is 42.8 Å². The van der Waals surface area contributed by atoms with Gasteiger partial charge >= 0.3 is 5.97 Å². The summed E-state index contributed by atoms with van der Waals surface area (Å²) >= 11 is 0. The number of nitrogens with two attached hydrogens (primary N) is 2. The van der Waals surface area contributed by atoms with Gasteiger partial charge in [0.1, 0.15) is 54.4 Å². The van der Waals surface area contributed by atoms with Gasteiger partial charge in [0.25, 0.3) is 0 Å². The van der Waals surface area contributed by atoms with Crippen LogP contribution in [-0.2, 0) is 56.0 Å². The number of nitrogens with one attached hydrogen (secondary N) is 9. The number of carboxylic acids is 1. The Labute approximate surface area is 409 Å². The Balaban J connectivity index is 1.57. The number of aromatic nitrogens is 3. The molecule has 1 fully saturated rings. The molecule has 3 aromatic rings. The number of aliphatic imine (C=N–C) groups is 1. The average Bonchev–Trinajstić information content (AvgIpc) is 4.04. The highest BCUT2D eigenvalue weighted by atomic mass is 16.4. The number of rotatable bonds is 11. The second-order valence-electron chi connectivity index (χ2n) is 19.5. The molecule has 0 unspecified atom stereocenters. The third-order valence-electron chi connectivity index (χ3n) is 12.8. The van der Waals surface area contributed by atoms with Crippen LogP contribution in [0.25, 0.3) is 16.7 Å². The molecule has 4 aliphatic heterocycles. The molecule has 71 heavy (non-hydrogen) atoms. The molecule has 0 saturated carbocycles. The molecule has 6 heterocycles. The highest BCUT2D eigenvalue weighted by molar-refractivity contribution is 5.99.